The van der Waals surface area contributed by atoms with E-state index in [9.17, 15) is 14.4 Å². The van der Waals surface area contributed by atoms with Gasteiger partial charge in [-0.2, -0.15) is 0 Å². The first kappa shape index (κ1) is 20.6. The maximum absolute atomic E-state index is 12.5. The highest BCUT2D eigenvalue weighted by Crippen LogP contribution is 2.25. The minimum absolute atomic E-state index is 0.0137. The van der Waals surface area contributed by atoms with Crippen molar-refractivity contribution in [2.75, 3.05) is 32.8 Å². The minimum Gasteiger partial charge on any atom is -0.492 e. The molecule has 3 rings (SSSR count). The Balaban J connectivity index is 1.42. The van der Waals surface area contributed by atoms with Crippen LogP contribution in [0.4, 0.5) is 0 Å². The number of amides is 3. The van der Waals surface area contributed by atoms with Crippen LogP contribution in [0.1, 0.15) is 19.3 Å². The number of nitrogens with two attached hydrogens (primary N) is 1. The van der Waals surface area contributed by atoms with Gasteiger partial charge in [-0.1, -0.05) is 36.4 Å². The molecular weight excluding hydrogens is 372 g/mol. The third-order valence-electron chi connectivity index (χ3n) is 5.04. The first-order valence-electron chi connectivity index (χ1n) is 9.74. The number of nitrogens with zero attached hydrogens (tertiary/aromatic N) is 2. The molecule has 29 heavy (non-hydrogen) atoms. The second kappa shape index (κ2) is 9.88. The molecule has 0 aliphatic carbocycles. The van der Waals surface area contributed by atoms with Crippen molar-refractivity contribution in [2.45, 2.75) is 19.3 Å². The number of hydrogen-bond donors (Lipinski definition) is 2. The van der Waals surface area contributed by atoms with Crippen molar-refractivity contribution in [1.82, 2.24) is 15.2 Å². The number of carbonyl (C=O) groups excluding carboxylic acids is 3. The fraction of sp³-hybridized carbons (Fsp3) is 0.381. The lowest BCUT2D eigenvalue weighted by atomic mass is 10.1. The summed E-state index contributed by atoms with van der Waals surface area (Å²) in [5.41, 5.74) is 2.01. The van der Waals surface area contributed by atoms with E-state index in [-0.39, 0.29) is 37.0 Å². The van der Waals surface area contributed by atoms with Crippen LogP contribution in [0, 0.1) is 0 Å². The molecule has 0 atom stereocenters. The van der Waals surface area contributed by atoms with Crippen molar-refractivity contribution in [1.29, 1.82) is 0 Å². The van der Waals surface area contributed by atoms with E-state index < -0.39 is 0 Å². The molecule has 8 heteroatoms. The monoisotopic (exact) mass is 398 g/mol. The van der Waals surface area contributed by atoms with Gasteiger partial charge >= 0.3 is 0 Å². The Kier molecular flexibility index (Phi) is 7.02. The smallest absolute Gasteiger partial charge is 0.234 e. The first-order chi connectivity index (χ1) is 14.1. The molecule has 3 amide bonds. The van der Waals surface area contributed by atoms with Gasteiger partial charge in [0.2, 0.25) is 17.7 Å². The lowest BCUT2D eigenvalue weighted by Gasteiger charge is -2.34. The Morgan fingerprint density at radius 2 is 1.48 bits per heavy atom. The predicted octanol–water partition coefficient (Wildman–Crippen LogP) is 1.05. The highest BCUT2D eigenvalue weighted by Gasteiger charge is 2.24. The van der Waals surface area contributed by atoms with Gasteiger partial charge in [-0.25, -0.2) is 5.84 Å². The summed E-state index contributed by atoms with van der Waals surface area (Å²) >= 11 is 0. The van der Waals surface area contributed by atoms with E-state index in [0.717, 1.165) is 16.5 Å². The molecule has 0 spiro atoms. The zero-order valence-corrected chi connectivity index (χ0v) is 16.3. The van der Waals surface area contributed by atoms with Crippen molar-refractivity contribution >= 4 is 28.5 Å². The predicted molar refractivity (Wildman–Crippen MR) is 109 cm³/mol. The van der Waals surface area contributed by atoms with Gasteiger partial charge < -0.3 is 14.5 Å². The third kappa shape index (κ3) is 5.45. The molecule has 1 aliphatic heterocycles. The van der Waals surface area contributed by atoms with Gasteiger partial charge in [-0.15, -0.1) is 0 Å². The molecule has 154 valence electrons. The van der Waals surface area contributed by atoms with Gasteiger partial charge in [-0.3, -0.25) is 19.8 Å². The molecule has 0 aromatic heterocycles. The summed E-state index contributed by atoms with van der Waals surface area (Å²) in [5, 5.41) is 2.12. The standard InChI is InChI=1S/C21H26N4O4/c22-23-19(26)8-9-20(27)24-11-13-25(14-12-24)21(28)10-15-29-18-7-3-5-16-4-1-2-6-17(16)18/h1-7H,8-15,22H2,(H,23,26). The maximum Gasteiger partial charge on any atom is 0.234 e. The fourth-order valence-corrected chi connectivity index (χ4v) is 3.38. The molecule has 1 aliphatic rings. The molecule has 0 radical (unpaired) electrons. The van der Waals surface area contributed by atoms with E-state index in [1.54, 1.807) is 9.80 Å². The summed E-state index contributed by atoms with van der Waals surface area (Å²) in [5.74, 6) is 5.34. The lowest BCUT2D eigenvalue weighted by Crippen LogP contribution is -2.50. The number of ether oxygens (including phenoxy) is 1. The zero-order valence-electron chi connectivity index (χ0n) is 16.3. The topological polar surface area (TPSA) is 105 Å². The number of benzene rings is 2. The number of hydrogen-bond acceptors (Lipinski definition) is 5. The largest absolute Gasteiger partial charge is 0.492 e. The molecular formula is C21H26N4O4. The molecule has 0 unspecified atom stereocenters. The van der Waals surface area contributed by atoms with Crippen LogP contribution in [0.2, 0.25) is 0 Å². The van der Waals surface area contributed by atoms with Crippen molar-refractivity contribution in [3.8, 4) is 5.75 Å². The highest BCUT2D eigenvalue weighted by atomic mass is 16.5. The number of hydrazine groups is 1. The number of rotatable bonds is 7. The van der Waals surface area contributed by atoms with Gasteiger partial charge in [0.15, 0.2) is 0 Å². The van der Waals surface area contributed by atoms with Crippen LogP contribution in [-0.2, 0) is 14.4 Å². The minimum atomic E-state index is -0.363. The molecule has 3 N–H and O–H groups in total. The van der Waals surface area contributed by atoms with E-state index in [4.69, 9.17) is 10.6 Å². The average Bonchev–Trinajstić information content (AvgIpc) is 2.77. The average molecular weight is 398 g/mol. The molecule has 2 aromatic carbocycles. The quantitative estimate of drug-likeness (QED) is 0.412. The van der Waals surface area contributed by atoms with Crippen LogP contribution in [0.5, 0.6) is 5.75 Å². The van der Waals surface area contributed by atoms with Gasteiger partial charge in [-0.05, 0) is 11.5 Å². The molecule has 1 saturated heterocycles. The molecule has 2 aromatic rings. The zero-order chi connectivity index (χ0) is 20.6. The third-order valence-corrected chi connectivity index (χ3v) is 5.04. The lowest BCUT2D eigenvalue weighted by molar-refractivity contribution is -0.140. The van der Waals surface area contributed by atoms with E-state index >= 15 is 0 Å². The van der Waals surface area contributed by atoms with E-state index in [2.05, 4.69) is 0 Å². The van der Waals surface area contributed by atoms with Crippen molar-refractivity contribution in [3.63, 3.8) is 0 Å². The van der Waals surface area contributed by atoms with E-state index in [1.807, 2.05) is 47.9 Å². The SMILES string of the molecule is NNC(=O)CCC(=O)N1CCN(C(=O)CCOc2cccc3ccccc23)CC1. The number of carbonyl (C=O) groups is 3. The van der Waals surface area contributed by atoms with Gasteiger partial charge in [0.05, 0.1) is 13.0 Å². The van der Waals surface area contributed by atoms with Crippen LogP contribution in [0.3, 0.4) is 0 Å². The fourth-order valence-electron chi connectivity index (χ4n) is 3.38. The first-order valence-corrected chi connectivity index (χ1v) is 9.74. The number of piperazine rings is 1. The Bertz CT molecular complexity index is 873. The van der Waals surface area contributed by atoms with Crippen LogP contribution in [0.25, 0.3) is 10.8 Å². The molecule has 0 bridgehead atoms. The van der Waals surface area contributed by atoms with Crippen LogP contribution >= 0.6 is 0 Å². The van der Waals surface area contributed by atoms with Crippen LogP contribution < -0.4 is 16.0 Å². The molecule has 1 fully saturated rings. The molecule has 8 nitrogen and oxygen atoms in total. The molecule has 0 saturated carbocycles. The number of fused-ring (bicyclic) bond motifs is 1. The van der Waals surface area contributed by atoms with E-state index in [0.29, 0.717) is 32.8 Å². The summed E-state index contributed by atoms with van der Waals surface area (Å²) in [7, 11) is 0. The Hall–Kier alpha value is -3.13. The van der Waals surface area contributed by atoms with Gasteiger partial charge in [0, 0.05) is 44.4 Å². The van der Waals surface area contributed by atoms with Crippen molar-refractivity contribution in [3.05, 3.63) is 42.5 Å². The Labute approximate surface area is 169 Å². The summed E-state index contributed by atoms with van der Waals surface area (Å²) in [6.07, 6.45) is 0.476. The molecule has 1 heterocycles. The van der Waals surface area contributed by atoms with Crippen molar-refractivity contribution in [2.24, 2.45) is 5.84 Å². The van der Waals surface area contributed by atoms with Crippen LogP contribution in [-0.4, -0.2) is 60.3 Å². The number of nitrogens with one attached hydrogen (secondary N) is 1. The summed E-state index contributed by atoms with van der Waals surface area (Å²) in [6.45, 7) is 2.22. The second-order valence-corrected chi connectivity index (χ2v) is 6.90. The summed E-state index contributed by atoms with van der Waals surface area (Å²) in [4.78, 5) is 39.1. The maximum atomic E-state index is 12.5. The Morgan fingerprint density at radius 3 is 2.17 bits per heavy atom. The second-order valence-electron chi connectivity index (χ2n) is 6.90. The Morgan fingerprint density at radius 1 is 0.862 bits per heavy atom. The normalized spacial score (nSPS) is 14.0. The van der Waals surface area contributed by atoms with Crippen LogP contribution in [0.15, 0.2) is 42.5 Å². The van der Waals surface area contributed by atoms with E-state index in [1.165, 1.54) is 0 Å². The summed E-state index contributed by atoms with van der Waals surface area (Å²) < 4.78 is 5.84. The summed E-state index contributed by atoms with van der Waals surface area (Å²) in [6, 6.07) is 13.8. The van der Waals surface area contributed by atoms with Gasteiger partial charge in [0.25, 0.3) is 0 Å². The van der Waals surface area contributed by atoms with Crippen molar-refractivity contribution < 1.29 is 19.1 Å². The highest BCUT2D eigenvalue weighted by molar-refractivity contribution is 5.88. The van der Waals surface area contributed by atoms with Gasteiger partial charge in [0.1, 0.15) is 5.75 Å².